The van der Waals surface area contributed by atoms with Gasteiger partial charge in [0.2, 0.25) is 0 Å². The molecule has 9 heteroatoms. The number of nitrogens with zero attached hydrogens (tertiary/aromatic N) is 3. The second-order valence-electron chi connectivity index (χ2n) is 8.69. The van der Waals surface area contributed by atoms with E-state index >= 15 is 0 Å². The predicted molar refractivity (Wildman–Crippen MR) is 105 cm³/mol. The zero-order valence-corrected chi connectivity index (χ0v) is 17.2. The molecule has 1 saturated heterocycles. The van der Waals surface area contributed by atoms with Gasteiger partial charge < -0.3 is 10.1 Å². The molecule has 4 rings (SSSR count). The highest BCUT2D eigenvalue weighted by Crippen LogP contribution is 2.49. The summed E-state index contributed by atoms with van der Waals surface area (Å²) in [6.07, 6.45) is 1.84. The first-order valence-corrected chi connectivity index (χ1v) is 9.64. The summed E-state index contributed by atoms with van der Waals surface area (Å²) in [6, 6.07) is 4.38. The van der Waals surface area contributed by atoms with Gasteiger partial charge in [-0.1, -0.05) is 12.1 Å². The molecule has 3 amide bonds. The van der Waals surface area contributed by atoms with Crippen LogP contribution in [0.3, 0.4) is 0 Å². The number of benzene rings is 1. The van der Waals surface area contributed by atoms with Crippen LogP contribution in [0.15, 0.2) is 30.6 Å². The Kier molecular flexibility index (Phi) is 4.44. The summed E-state index contributed by atoms with van der Waals surface area (Å²) in [5, 5.41) is 6.74. The summed E-state index contributed by atoms with van der Waals surface area (Å²) in [7, 11) is 1.79. The fraction of sp³-hybridized carbons (Fsp3) is 0.429. The van der Waals surface area contributed by atoms with E-state index in [1.807, 2.05) is 6.20 Å². The number of carbonyl (C=O) groups excluding carboxylic acids is 3. The van der Waals surface area contributed by atoms with Crippen LogP contribution in [-0.2, 0) is 26.9 Å². The second-order valence-corrected chi connectivity index (χ2v) is 8.69. The molecule has 1 spiro atoms. The van der Waals surface area contributed by atoms with Crippen LogP contribution >= 0.6 is 0 Å². The Morgan fingerprint density at radius 1 is 1.33 bits per heavy atom. The lowest BCUT2D eigenvalue weighted by Gasteiger charge is -2.23. The van der Waals surface area contributed by atoms with E-state index in [9.17, 15) is 18.8 Å². The van der Waals surface area contributed by atoms with E-state index in [1.54, 1.807) is 56.9 Å². The van der Waals surface area contributed by atoms with Crippen molar-refractivity contribution in [2.24, 2.45) is 7.05 Å². The summed E-state index contributed by atoms with van der Waals surface area (Å²) in [4.78, 5) is 38.6. The third-order valence-corrected chi connectivity index (χ3v) is 5.26. The maximum atomic E-state index is 15.0. The minimum atomic E-state index is -1.51. The van der Waals surface area contributed by atoms with Crippen LogP contribution in [-0.4, -0.2) is 44.7 Å². The molecule has 0 bridgehead atoms. The number of rotatable bonds is 3. The smallest absolute Gasteiger partial charge is 0.326 e. The number of ether oxygens (including phenoxy) is 1. The molecule has 0 radical (unpaired) electrons. The van der Waals surface area contributed by atoms with Gasteiger partial charge in [0.1, 0.15) is 23.9 Å². The van der Waals surface area contributed by atoms with Crippen molar-refractivity contribution in [3.63, 3.8) is 0 Å². The van der Waals surface area contributed by atoms with E-state index in [2.05, 4.69) is 10.4 Å². The molecule has 1 aliphatic heterocycles. The molecule has 1 N–H and O–H groups in total. The van der Waals surface area contributed by atoms with E-state index in [-0.39, 0.29) is 6.42 Å². The third-order valence-electron chi connectivity index (χ3n) is 5.26. The van der Waals surface area contributed by atoms with Gasteiger partial charge >= 0.3 is 12.0 Å². The zero-order chi connectivity index (χ0) is 21.8. The number of alkyl halides is 1. The average molecular weight is 414 g/mol. The van der Waals surface area contributed by atoms with Crippen molar-refractivity contribution in [3.8, 4) is 11.1 Å². The summed E-state index contributed by atoms with van der Waals surface area (Å²) < 4.78 is 21.8. The number of amides is 3. The van der Waals surface area contributed by atoms with Crippen LogP contribution < -0.4 is 5.32 Å². The van der Waals surface area contributed by atoms with E-state index < -0.39 is 41.8 Å². The highest BCUT2D eigenvalue weighted by Gasteiger charge is 2.58. The number of urea groups is 1. The molecule has 2 aliphatic rings. The Balaban J connectivity index is 1.64. The Morgan fingerprint density at radius 3 is 2.70 bits per heavy atom. The van der Waals surface area contributed by atoms with Gasteiger partial charge in [-0.2, -0.15) is 5.10 Å². The molecular weight excluding hydrogens is 391 g/mol. The van der Waals surface area contributed by atoms with Crippen molar-refractivity contribution in [2.75, 3.05) is 6.54 Å². The van der Waals surface area contributed by atoms with Gasteiger partial charge in [0.05, 0.1) is 6.20 Å². The summed E-state index contributed by atoms with van der Waals surface area (Å²) in [6.45, 7) is 4.56. The minimum Gasteiger partial charge on any atom is -0.459 e. The van der Waals surface area contributed by atoms with Crippen molar-refractivity contribution in [3.05, 3.63) is 41.7 Å². The standard InChI is InChI=1S/C21H23FN4O4/c1-20(2,3)30-17(27)11-26-18(28)21(24-19(26)29)8-16(22)14-7-12(5-6-15(14)21)13-9-23-25(4)10-13/h5-7,9-10,16H,8,11H2,1-4H3,(H,24,29)/t16-,21+/m1/s1. The van der Waals surface area contributed by atoms with Crippen LogP contribution in [0, 0.1) is 0 Å². The number of fused-ring (bicyclic) bond motifs is 2. The van der Waals surface area contributed by atoms with Crippen LogP contribution in [0.1, 0.15) is 44.5 Å². The van der Waals surface area contributed by atoms with E-state index in [4.69, 9.17) is 4.74 Å². The Bertz CT molecular complexity index is 1060. The van der Waals surface area contributed by atoms with Crippen molar-refractivity contribution < 1.29 is 23.5 Å². The molecule has 0 unspecified atom stereocenters. The Labute approximate surface area is 173 Å². The second kappa shape index (κ2) is 6.65. The first-order chi connectivity index (χ1) is 14.0. The number of aromatic nitrogens is 2. The van der Waals surface area contributed by atoms with Crippen LogP contribution in [0.5, 0.6) is 0 Å². The number of aryl methyl sites for hydroxylation is 1. The molecular formula is C21H23FN4O4. The van der Waals surface area contributed by atoms with Crippen molar-refractivity contribution >= 4 is 17.9 Å². The number of carbonyl (C=O) groups is 3. The van der Waals surface area contributed by atoms with Gasteiger partial charge in [0, 0.05) is 25.2 Å². The van der Waals surface area contributed by atoms with Gasteiger partial charge in [-0.05, 0) is 43.5 Å². The normalized spacial score (nSPS) is 23.1. The monoisotopic (exact) mass is 414 g/mol. The first-order valence-electron chi connectivity index (χ1n) is 9.64. The predicted octanol–water partition coefficient (Wildman–Crippen LogP) is 2.59. The van der Waals surface area contributed by atoms with Gasteiger partial charge in [0.25, 0.3) is 5.91 Å². The molecule has 30 heavy (non-hydrogen) atoms. The van der Waals surface area contributed by atoms with E-state index in [0.717, 1.165) is 16.0 Å². The third kappa shape index (κ3) is 3.24. The Hall–Kier alpha value is -3.23. The fourth-order valence-electron chi connectivity index (χ4n) is 4.04. The van der Waals surface area contributed by atoms with Gasteiger partial charge in [-0.3, -0.25) is 19.2 Å². The molecule has 158 valence electrons. The lowest BCUT2D eigenvalue weighted by Crippen LogP contribution is -2.43. The number of hydrogen-bond acceptors (Lipinski definition) is 5. The summed E-state index contributed by atoms with van der Waals surface area (Å²) in [5.41, 5.74) is 0.0877. The van der Waals surface area contributed by atoms with Crippen molar-refractivity contribution in [2.45, 2.75) is 44.5 Å². The molecule has 1 aromatic heterocycles. The van der Waals surface area contributed by atoms with Crippen LogP contribution in [0.4, 0.5) is 9.18 Å². The van der Waals surface area contributed by atoms with Crippen LogP contribution in [0.2, 0.25) is 0 Å². The lowest BCUT2D eigenvalue weighted by molar-refractivity contribution is -0.157. The molecule has 0 saturated carbocycles. The molecule has 1 aromatic carbocycles. The van der Waals surface area contributed by atoms with Crippen molar-refractivity contribution in [1.82, 2.24) is 20.0 Å². The van der Waals surface area contributed by atoms with E-state index in [1.165, 1.54) is 0 Å². The fourth-order valence-corrected chi connectivity index (χ4v) is 4.04. The SMILES string of the molecule is Cn1cc(-c2ccc3c(c2)[C@H](F)C[C@]32NC(=O)N(CC(=O)OC(C)(C)C)C2=O)cn1. The first kappa shape index (κ1) is 20.1. The van der Waals surface area contributed by atoms with Gasteiger partial charge in [-0.25, -0.2) is 9.18 Å². The number of nitrogens with one attached hydrogen (secondary N) is 1. The summed E-state index contributed by atoms with van der Waals surface area (Å²) >= 11 is 0. The number of imide groups is 1. The minimum absolute atomic E-state index is 0.214. The van der Waals surface area contributed by atoms with Gasteiger partial charge in [-0.15, -0.1) is 0 Å². The highest BCUT2D eigenvalue weighted by atomic mass is 19.1. The zero-order valence-electron chi connectivity index (χ0n) is 17.2. The quantitative estimate of drug-likeness (QED) is 0.616. The molecule has 2 heterocycles. The van der Waals surface area contributed by atoms with Crippen LogP contribution in [0.25, 0.3) is 11.1 Å². The number of esters is 1. The summed E-state index contributed by atoms with van der Waals surface area (Å²) in [5.74, 6) is -1.35. The topological polar surface area (TPSA) is 93.5 Å². The highest BCUT2D eigenvalue weighted by molar-refractivity contribution is 6.09. The largest absolute Gasteiger partial charge is 0.459 e. The molecule has 1 aliphatic carbocycles. The number of halogens is 1. The molecule has 1 fully saturated rings. The molecule has 2 aromatic rings. The molecule has 8 nitrogen and oxygen atoms in total. The maximum Gasteiger partial charge on any atom is 0.326 e. The van der Waals surface area contributed by atoms with Crippen molar-refractivity contribution in [1.29, 1.82) is 0 Å². The number of hydrogen-bond donors (Lipinski definition) is 1. The average Bonchev–Trinajstić information content (AvgIpc) is 3.26. The van der Waals surface area contributed by atoms with Gasteiger partial charge in [0.15, 0.2) is 0 Å². The van der Waals surface area contributed by atoms with E-state index in [0.29, 0.717) is 11.1 Å². The maximum absolute atomic E-state index is 15.0. The molecule has 2 atom stereocenters. The Morgan fingerprint density at radius 2 is 2.07 bits per heavy atom. The lowest BCUT2D eigenvalue weighted by atomic mass is 9.90.